The van der Waals surface area contributed by atoms with E-state index in [1.54, 1.807) is 19.1 Å². The molecule has 6 nitrogen and oxygen atoms in total. The van der Waals surface area contributed by atoms with Crippen molar-refractivity contribution >= 4 is 24.0 Å². The number of aromatic nitrogens is 2. The summed E-state index contributed by atoms with van der Waals surface area (Å²) in [5.74, 6) is 0.401. The minimum atomic E-state index is -0.280. The van der Waals surface area contributed by atoms with Crippen LogP contribution < -0.4 is 11.1 Å². The number of carbonyl (C=O) groups excluding carboxylic acids is 1. The third-order valence-corrected chi connectivity index (χ3v) is 4.17. The molecular formula is C20H22ClFN4O2. The maximum Gasteiger partial charge on any atom is 0.227 e. The third kappa shape index (κ3) is 5.79. The SMILES string of the molecule is Cc1cc(-c2noc(CCC(=O)NCCc3ccc(N)cc3)n2)ccc1F.Cl. The van der Waals surface area contributed by atoms with Crippen LogP contribution in [0.2, 0.25) is 0 Å². The van der Waals surface area contributed by atoms with Crippen LogP contribution in [0.25, 0.3) is 11.4 Å². The molecule has 0 aliphatic carbocycles. The van der Waals surface area contributed by atoms with Gasteiger partial charge >= 0.3 is 0 Å². The summed E-state index contributed by atoms with van der Waals surface area (Å²) in [5, 5.41) is 6.76. The van der Waals surface area contributed by atoms with Crippen LogP contribution in [0.15, 0.2) is 47.0 Å². The number of hydrogen-bond acceptors (Lipinski definition) is 5. The van der Waals surface area contributed by atoms with E-state index in [0.29, 0.717) is 35.8 Å². The van der Waals surface area contributed by atoms with Crippen LogP contribution in [0.1, 0.15) is 23.4 Å². The Morgan fingerprint density at radius 3 is 2.64 bits per heavy atom. The molecule has 0 radical (unpaired) electrons. The minimum absolute atomic E-state index is 0. The monoisotopic (exact) mass is 404 g/mol. The molecule has 0 aliphatic heterocycles. The zero-order valence-electron chi connectivity index (χ0n) is 15.4. The summed E-state index contributed by atoms with van der Waals surface area (Å²) in [5.41, 5.74) is 8.67. The van der Waals surface area contributed by atoms with Crippen molar-refractivity contribution in [3.05, 3.63) is 65.3 Å². The van der Waals surface area contributed by atoms with Gasteiger partial charge in [0.05, 0.1) is 0 Å². The van der Waals surface area contributed by atoms with Crippen molar-refractivity contribution in [2.75, 3.05) is 12.3 Å². The summed E-state index contributed by atoms with van der Waals surface area (Å²) in [7, 11) is 0. The number of hydrogen-bond donors (Lipinski definition) is 2. The van der Waals surface area contributed by atoms with Crippen LogP contribution in [-0.2, 0) is 17.6 Å². The van der Waals surface area contributed by atoms with E-state index in [9.17, 15) is 9.18 Å². The molecule has 2 aromatic carbocycles. The Kier molecular flexibility index (Phi) is 7.52. The van der Waals surface area contributed by atoms with Gasteiger partial charge in [-0.15, -0.1) is 12.4 Å². The van der Waals surface area contributed by atoms with E-state index in [4.69, 9.17) is 10.3 Å². The van der Waals surface area contributed by atoms with Crippen LogP contribution in [0.3, 0.4) is 0 Å². The number of amides is 1. The largest absolute Gasteiger partial charge is 0.399 e. The predicted octanol–water partition coefficient (Wildman–Crippen LogP) is 3.48. The summed E-state index contributed by atoms with van der Waals surface area (Å²) >= 11 is 0. The molecule has 3 rings (SSSR count). The maximum absolute atomic E-state index is 13.3. The molecule has 0 saturated carbocycles. The topological polar surface area (TPSA) is 94.0 Å². The number of nitrogens with two attached hydrogens (primary N) is 1. The first-order chi connectivity index (χ1) is 13.0. The zero-order valence-corrected chi connectivity index (χ0v) is 16.3. The van der Waals surface area contributed by atoms with Gasteiger partial charge in [0.1, 0.15) is 5.82 Å². The van der Waals surface area contributed by atoms with Gasteiger partial charge in [-0.1, -0.05) is 17.3 Å². The first-order valence-corrected chi connectivity index (χ1v) is 8.71. The standard InChI is InChI=1S/C20H21FN4O2.ClH/c1-13-12-15(4-7-17(13)21)20-24-19(27-25-20)9-8-18(26)23-11-10-14-2-5-16(22)6-3-14;/h2-7,12H,8-11,22H2,1H3,(H,23,26);1H. The van der Waals surface area contributed by atoms with Crippen LogP contribution in [-0.4, -0.2) is 22.6 Å². The second-order valence-corrected chi connectivity index (χ2v) is 6.32. The highest BCUT2D eigenvalue weighted by Gasteiger charge is 2.11. The number of anilines is 1. The van der Waals surface area contributed by atoms with Crippen LogP contribution in [0, 0.1) is 12.7 Å². The molecule has 0 unspecified atom stereocenters. The zero-order chi connectivity index (χ0) is 19.2. The van der Waals surface area contributed by atoms with Crippen LogP contribution in [0.4, 0.5) is 10.1 Å². The lowest BCUT2D eigenvalue weighted by atomic mass is 10.1. The lowest BCUT2D eigenvalue weighted by Crippen LogP contribution is -2.25. The lowest BCUT2D eigenvalue weighted by molar-refractivity contribution is -0.121. The molecule has 3 aromatic rings. The van der Waals surface area contributed by atoms with Crippen LogP contribution in [0.5, 0.6) is 0 Å². The summed E-state index contributed by atoms with van der Waals surface area (Å²) in [6, 6.07) is 12.2. The van der Waals surface area contributed by atoms with Gasteiger partial charge in [-0.05, 0) is 54.8 Å². The van der Waals surface area contributed by atoms with Gasteiger partial charge in [0, 0.05) is 30.6 Å². The number of rotatable bonds is 7. The van der Waals surface area contributed by atoms with Gasteiger partial charge in [0.25, 0.3) is 0 Å². The number of benzene rings is 2. The fraction of sp³-hybridized carbons (Fsp3) is 0.250. The molecule has 0 fully saturated rings. The Labute approximate surface area is 168 Å². The van der Waals surface area contributed by atoms with E-state index < -0.39 is 0 Å². The molecule has 0 bridgehead atoms. The average molecular weight is 405 g/mol. The fourth-order valence-electron chi connectivity index (χ4n) is 2.60. The molecule has 0 spiro atoms. The van der Waals surface area contributed by atoms with Crippen molar-refractivity contribution < 1.29 is 13.7 Å². The molecule has 1 heterocycles. The Balaban J connectivity index is 0.00000280. The average Bonchev–Trinajstić information content (AvgIpc) is 3.13. The van der Waals surface area contributed by atoms with Crippen LogP contribution >= 0.6 is 12.4 Å². The smallest absolute Gasteiger partial charge is 0.227 e. The minimum Gasteiger partial charge on any atom is -0.399 e. The molecule has 28 heavy (non-hydrogen) atoms. The number of nitrogens with one attached hydrogen (secondary N) is 1. The van der Waals surface area contributed by atoms with E-state index >= 15 is 0 Å². The van der Waals surface area contributed by atoms with Crippen molar-refractivity contribution in [2.45, 2.75) is 26.2 Å². The summed E-state index contributed by atoms with van der Waals surface area (Å²) < 4.78 is 18.5. The lowest BCUT2D eigenvalue weighted by Gasteiger charge is -2.04. The maximum atomic E-state index is 13.3. The second-order valence-electron chi connectivity index (χ2n) is 6.32. The van der Waals surface area contributed by atoms with Crippen molar-refractivity contribution in [3.8, 4) is 11.4 Å². The molecule has 1 amide bonds. The van der Waals surface area contributed by atoms with Gasteiger partial charge in [-0.25, -0.2) is 4.39 Å². The number of nitrogen functional groups attached to an aromatic ring is 1. The molecule has 1 aromatic heterocycles. The molecule has 0 saturated heterocycles. The number of nitrogens with zero attached hydrogens (tertiary/aromatic N) is 2. The quantitative estimate of drug-likeness (QED) is 0.588. The number of aryl methyl sites for hydroxylation is 2. The van der Waals surface area contributed by atoms with Gasteiger partial charge in [-0.3, -0.25) is 4.79 Å². The molecule has 3 N–H and O–H groups in total. The molecule has 0 aliphatic rings. The normalized spacial score (nSPS) is 10.4. The van der Waals surface area contributed by atoms with Crippen molar-refractivity contribution in [3.63, 3.8) is 0 Å². The Morgan fingerprint density at radius 1 is 1.18 bits per heavy atom. The third-order valence-electron chi connectivity index (χ3n) is 4.17. The van der Waals surface area contributed by atoms with Gasteiger partial charge < -0.3 is 15.6 Å². The highest BCUT2D eigenvalue weighted by atomic mass is 35.5. The molecule has 0 atom stereocenters. The highest BCUT2D eigenvalue weighted by molar-refractivity contribution is 5.85. The van der Waals surface area contributed by atoms with E-state index in [2.05, 4.69) is 15.5 Å². The number of halogens is 2. The summed E-state index contributed by atoms with van der Waals surface area (Å²) in [4.78, 5) is 16.2. The van der Waals surface area contributed by atoms with Gasteiger partial charge in [-0.2, -0.15) is 4.98 Å². The van der Waals surface area contributed by atoms with E-state index in [1.165, 1.54) is 6.07 Å². The van der Waals surface area contributed by atoms with Crippen molar-refractivity contribution in [1.29, 1.82) is 0 Å². The Hall–Kier alpha value is -2.93. The first kappa shape index (κ1) is 21.4. The van der Waals surface area contributed by atoms with E-state index in [-0.39, 0.29) is 30.6 Å². The molecule has 8 heteroatoms. The van der Waals surface area contributed by atoms with Crippen molar-refractivity contribution in [1.82, 2.24) is 15.5 Å². The molecular weight excluding hydrogens is 383 g/mol. The summed E-state index contributed by atoms with van der Waals surface area (Å²) in [6.07, 6.45) is 1.34. The second kappa shape index (κ2) is 9.85. The van der Waals surface area contributed by atoms with E-state index in [1.807, 2.05) is 24.3 Å². The first-order valence-electron chi connectivity index (χ1n) is 8.71. The molecule has 148 valence electrons. The number of carbonyl (C=O) groups is 1. The van der Waals surface area contributed by atoms with E-state index in [0.717, 1.165) is 17.7 Å². The summed E-state index contributed by atoms with van der Waals surface area (Å²) in [6.45, 7) is 2.22. The van der Waals surface area contributed by atoms with Crippen molar-refractivity contribution in [2.24, 2.45) is 0 Å². The Bertz CT molecular complexity index is 928. The van der Waals surface area contributed by atoms with Gasteiger partial charge in [0.15, 0.2) is 0 Å². The van der Waals surface area contributed by atoms with Gasteiger partial charge in [0.2, 0.25) is 17.6 Å². The highest BCUT2D eigenvalue weighted by Crippen LogP contribution is 2.19. The Morgan fingerprint density at radius 2 is 1.93 bits per heavy atom. The fourth-order valence-corrected chi connectivity index (χ4v) is 2.60. The predicted molar refractivity (Wildman–Crippen MR) is 108 cm³/mol.